The van der Waals surface area contributed by atoms with Crippen molar-refractivity contribution in [1.29, 1.82) is 0 Å². The van der Waals surface area contributed by atoms with Crippen molar-refractivity contribution >= 4 is 8.80 Å². The Morgan fingerprint density at radius 3 is 2.00 bits per heavy atom. The topological polar surface area (TPSA) is 65.7 Å². The van der Waals surface area contributed by atoms with Gasteiger partial charge < -0.3 is 24.3 Å². The standard InChI is InChI=1S/C10H16O3Si.C5H14N2/c1-11-14(12-2,13-3)9-10-7-5-4-6-8-10;1-2-4-7-5-3-6/h4-8H,9H2,1-3H3;7H,2-6H2,1H3. The maximum absolute atomic E-state index is 5.33. The van der Waals surface area contributed by atoms with Gasteiger partial charge in [0.2, 0.25) is 0 Å². The molecule has 0 saturated carbocycles. The summed E-state index contributed by atoms with van der Waals surface area (Å²) in [5.41, 5.74) is 6.38. The van der Waals surface area contributed by atoms with Gasteiger partial charge in [-0.1, -0.05) is 37.3 Å². The smallest absolute Gasteiger partial charge is 0.377 e. The molecule has 1 aromatic rings. The van der Waals surface area contributed by atoms with Crippen molar-refractivity contribution in [3.63, 3.8) is 0 Å². The predicted octanol–water partition coefficient (Wildman–Crippen LogP) is 1.59. The summed E-state index contributed by atoms with van der Waals surface area (Å²) in [6, 6.07) is 10.8. The molecule has 0 aliphatic carbocycles. The third-order valence-electron chi connectivity index (χ3n) is 2.94. The Labute approximate surface area is 130 Å². The summed E-state index contributed by atoms with van der Waals surface area (Å²) in [5, 5.41) is 3.16. The Bertz CT molecular complexity index is 323. The first kappa shape index (κ1) is 20.2. The summed E-state index contributed by atoms with van der Waals surface area (Å²) < 4.78 is 16.0. The van der Waals surface area contributed by atoms with Crippen LogP contribution in [0.5, 0.6) is 0 Å². The molecule has 0 aromatic heterocycles. The van der Waals surface area contributed by atoms with Crippen LogP contribution in [0.15, 0.2) is 30.3 Å². The molecule has 122 valence electrons. The predicted molar refractivity (Wildman–Crippen MR) is 89.1 cm³/mol. The fraction of sp³-hybridized carbons (Fsp3) is 0.600. The van der Waals surface area contributed by atoms with Crippen molar-refractivity contribution in [2.45, 2.75) is 19.4 Å². The second-order valence-electron chi connectivity index (χ2n) is 4.50. The zero-order valence-corrected chi connectivity index (χ0v) is 14.7. The van der Waals surface area contributed by atoms with Crippen molar-refractivity contribution in [3.05, 3.63) is 35.9 Å². The van der Waals surface area contributed by atoms with Crippen molar-refractivity contribution in [2.75, 3.05) is 41.0 Å². The first-order valence-electron chi connectivity index (χ1n) is 7.28. The van der Waals surface area contributed by atoms with Crippen molar-refractivity contribution in [3.8, 4) is 0 Å². The van der Waals surface area contributed by atoms with Gasteiger partial charge in [-0.05, 0) is 18.5 Å². The summed E-state index contributed by atoms with van der Waals surface area (Å²) in [6.45, 7) is 4.94. The molecule has 0 aliphatic rings. The lowest BCUT2D eigenvalue weighted by Crippen LogP contribution is -2.45. The molecule has 0 amide bonds. The van der Waals surface area contributed by atoms with Crippen LogP contribution in [0.1, 0.15) is 18.9 Å². The highest BCUT2D eigenvalue weighted by atomic mass is 28.4. The molecule has 1 rings (SSSR count). The van der Waals surface area contributed by atoms with Crippen LogP contribution in [-0.4, -0.2) is 49.8 Å². The van der Waals surface area contributed by atoms with E-state index < -0.39 is 8.80 Å². The summed E-state index contributed by atoms with van der Waals surface area (Å²) in [6.07, 6.45) is 1.19. The molecular weight excluding hydrogens is 284 g/mol. The molecule has 6 heteroatoms. The van der Waals surface area contributed by atoms with Crippen LogP contribution >= 0.6 is 0 Å². The van der Waals surface area contributed by atoms with Gasteiger partial charge in [0, 0.05) is 40.5 Å². The highest BCUT2D eigenvalue weighted by Gasteiger charge is 2.37. The van der Waals surface area contributed by atoms with E-state index >= 15 is 0 Å². The Morgan fingerprint density at radius 2 is 1.57 bits per heavy atom. The zero-order chi connectivity index (χ0) is 16.0. The van der Waals surface area contributed by atoms with Gasteiger partial charge in [-0.3, -0.25) is 0 Å². The van der Waals surface area contributed by atoms with E-state index in [4.69, 9.17) is 19.0 Å². The fourth-order valence-electron chi connectivity index (χ4n) is 1.72. The second-order valence-corrected chi connectivity index (χ2v) is 7.44. The average molecular weight is 315 g/mol. The molecule has 1 aromatic carbocycles. The Hall–Kier alpha value is -0.763. The quantitative estimate of drug-likeness (QED) is 0.535. The van der Waals surface area contributed by atoms with Crippen molar-refractivity contribution in [2.24, 2.45) is 5.73 Å². The van der Waals surface area contributed by atoms with E-state index in [0.29, 0.717) is 6.04 Å². The minimum Gasteiger partial charge on any atom is -0.377 e. The number of hydrogen-bond donors (Lipinski definition) is 2. The molecule has 3 N–H and O–H groups in total. The third-order valence-corrected chi connectivity index (χ3v) is 5.65. The van der Waals surface area contributed by atoms with E-state index in [2.05, 4.69) is 12.2 Å². The lowest BCUT2D eigenvalue weighted by atomic mass is 10.2. The van der Waals surface area contributed by atoms with Gasteiger partial charge in [-0.25, -0.2) is 0 Å². The summed E-state index contributed by atoms with van der Waals surface area (Å²) in [7, 11) is 2.42. The molecule has 21 heavy (non-hydrogen) atoms. The van der Waals surface area contributed by atoms with Crippen LogP contribution < -0.4 is 11.1 Å². The van der Waals surface area contributed by atoms with Crippen LogP contribution in [0.3, 0.4) is 0 Å². The molecule has 0 saturated heterocycles. The van der Waals surface area contributed by atoms with Crippen molar-refractivity contribution in [1.82, 2.24) is 5.32 Å². The summed E-state index contributed by atoms with van der Waals surface area (Å²) in [4.78, 5) is 0. The molecule has 0 bridgehead atoms. The summed E-state index contributed by atoms with van der Waals surface area (Å²) in [5.74, 6) is 0. The third kappa shape index (κ3) is 8.97. The van der Waals surface area contributed by atoms with E-state index in [0.717, 1.165) is 19.6 Å². The number of nitrogens with one attached hydrogen (secondary N) is 1. The lowest BCUT2D eigenvalue weighted by molar-refractivity contribution is 0.122. The Morgan fingerprint density at radius 1 is 1.00 bits per heavy atom. The first-order chi connectivity index (χ1) is 10.2. The highest BCUT2D eigenvalue weighted by molar-refractivity contribution is 6.60. The molecule has 0 heterocycles. The van der Waals surface area contributed by atoms with Gasteiger partial charge >= 0.3 is 8.80 Å². The lowest BCUT2D eigenvalue weighted by Gasteiger charge is -2.24. The molecular formula is C15H30N2O3Si. The maximum atomic E-state index is 5.33. The van der Waals surface area contributed by atoms with Gasteiger partial charge in [0.25, 0.3) is 0 Å². The van der Waals surface area contributed by atoms with E-state index in [9.17, 15) is 0 Å². The maximum Gasteiger partial charge on any atom is 0.504 e. The van der Waals surface area contributed by atoms with E-state index in [-0.39, 0.29) is 0 Å². The zero-order valence-electron chi connectivity index (χ0n) is 13.7. The average Bonchev–Trinajstić information content (AvgIpc) is 2.55. The van der Waals surface area contributed by atoms with Crippen molar-refractivity contribution < 1.29 is 13.3 Å². The largest absolute Gasteiger partial charge is 0.504 e. The van der Waals surface area contributed by atoms with Crippen LogP contribution in [-0.2, 0) is 19.3 Å². The van der Waals surface area contributed by atoms with Crippen LogP contribution in [0.25, 0.3) is 0 Å². The first-order valence-corrected chi connectivity index (χ1v) is 9.21. The molecule has 0 atom stereocenters. The SMILES string of the molecule is CCCNCCN.CO[Si](Cc1ccccc1)(OC)OC. The van der Waals surface area contributed by atoms with Crippen LogP contribution in [0.2, 0.25) is 0 Å². The molecule has 5 nitrogen and oxygen atoms in total. The molecule has 0 fully saturated rings. The van der Waals surface area contributed by atoms with Crippen LogP contribution in [0.4, 0.5) is 0 Å². The second kappa shape index (κ2) is 12.9. The van der Waals surface area contributed by atoms with E-state index in [1.165, 1.54) is 12.0 Å². The van der Waals surface area contributed by atoms with Gasteiger partial charge in [0.05, 0.1) is 0 Å². The number of nitrogens with two attached hydrogens (primary N) is 1. The number of hydrogen-bond acceptors (Lipinski definition) is 5. The minimum atomic E-state index is -2.46. The molecule has 0 aliphatic heterocycles. The van der Waals surface area contributed by atoms with Gasteiger partial charge in [-0.2, -0.15) is 0 Å². The van der Waals surface area contributed by atoms with E-state index in [1.54, 1.807) is 21.3 Å². The van der Waals surface area contributed by atoms with Gasteiger partial charge in [-0.15, -0.1) is 0 Å². The van der Waals surface area contributed by atoms with Gasteiger partial charge in [0.1, 0.15) is 0 Å². The fourth-order valence-corrected chi connectivity index (χ4v) is 3.38. The van der Waals surface area contributed by atoms with Gasteiger partial charge in [0.15, 0.2) is 0 Å². The number of rotatable bonds is 9. The highest BCUT2D eigenvalue weighted by Crippen LogP contribution is 2.13. The summed E-state index contributed by atoms with van der Waals surface area (Å²) >= 11 is 0. The Kier molecular flexibility index (Phi) is 12.5. The monoisotopic (exact) mass is 314 g/mol. The van der Waals surface area contributed by atoms with E-state index in [1.807, 2.05) is 30.3 Å². The Balaban J connectivity index is 0.000000486. The van der Waals surface area contributed by atoms with Crippen LogP contribution in [0, 0.1) is 0 Å². The molecule has 0 unspecified atom stereocenters. The molecule has 0 radical (unpaired) electrons. The number of benzene rings is 1. The molecule has 0 spiro atoms. The normalized spacial score (nSPS) is 10.9. The minimum absolute atomic E-state index is 0.706.